The van der Waals surface area contributed by atoms with Gasteiger partial charge in [0.2, 0.25) is 0 Å². The number of hydrogen-bond donors (Lipinski definition) is 3. The summed E-state index contributed by atoms with van der Waals surface area (Å²) in [6.07, 6.45) is -0.459. The summed E-state index contributed by atoms with van der Waals surface area (Å²) >= 11 is 0. The van der Waals surface area contributed by atoms with Gasteiger partial charge in [-0.1, -0.05) is 0 Å². The van der Waals surface area contributed by atoms with Gasteiger partial charge in [0.15, 0.2) is 0 Å². The lowest BCUT2D eigenvalue weighted by Crippen LogP contribution is -2.16. The first kappa shape index (κ1) is 10.8. The SMILES string of the molecule is Cc1cc(NCC(C)O)c(N)cc1F. The Balaban J connectivity index is 2.82. The van der Waals surface area contributed by atoms with Crippen molar-refractivity contribution in [1.29, 1.82) is 0 Å². The van der Waals surface area contributed by atoms with Crippen LogP contribution in [-0.2, 0) is 0 Å². The number of aliphatic hydroxyl groups is 1. The van der Waals surface area contributed by atoms with E-state index in [1.165, 1.54) is 6.07 Å². The van der Waals surface area contributed by atoms with Crippen molar-refractivity contribution in [1.82, 2.24) is 0 Å². The topological polar surface area (TPSA) is 58.3 Å². The van der Waals surface area contributed by atoms with Crippen LogP contribution in [0.1, 0.15) is 12.5 Å². The van der Waals surface area contributed by atoms with E-state index in [1.54, 1.807) is 19.9 Å². The summed E-state index contributed by atoms with van der Waals surface area (Å²) in [5, 5.41) is 12.0. The molecule has 0 saturated heterocycles. The molecule has 0 amide bonds. The van der Waals surface area contributed by atoms with E-state index in [4.69, 9.17) is 10.8 Å². The molecular weight excluding hydrogens is 183 g/mol. The van der Waals surface area contributed by atoms with Gasteiger partial charge >= 0.3 is 0 Å². The van der Waals surface area contributed by atoms with Crippen LogP contribution in [0.3, 0.4) is 0 Å². The Morgan fingerprint density at radius 3 is 2.79 bits per heavy atom. The van der Waals surface area contributed by atoms with E-state index in [2.05, 4.69) is 5.32 Å². The van der Waals surface area contributed by atoms with Crippen LogP contribution in [0.5, 0.6) is 0 Å². The molecular formula is C10H15FN2O. The number of halogens is 1. The van der Waals surface area contributed by atoms with Gasteiger partial charge in [0.25, 0.3) is 0 Å². The van der Waals surface area contributed by atoms with Gasteiger partial charge in [0.05, 0.1) is 17.5 Å². The van der Waals surface area contributed by atoms with Gasteiger partial charge in [-0.05, 0) is 31.5 Å². The molecule has 78 valence electrons. The number of nitrogens with two attached hydrogens (primary N) is 1. The molecule has 1 rings (SSSR count). The molecule has 1 atom stereocenters. The van der Waals surface area contributed by atoms with E-state index in [9.17, 15) is 4.39 Å². The molecule has 0 spiro atoms. The van der Waals surface area contributed by atoms with E-state index < -0.39 is 6.10 Å². The summed E-state index contributed by atoms with van der Waals surface area (Å²) in [5.41, 5.74) is 7.14. The fourth-order valence-corrected chi connectivity index (χ4v) is 1.11. The first-order valence-electron chi connectivity index (χ1n) is 4.48. The molecule has 1 aromatic carbocycles. The van der Waals surface area contributed by atoms with Gasteiger partial charge in [-0.15, -0.1) is 0 Å². The molecule has 4 N–H and O–H groups in total. The molecule has 0 aliphatic heterocycles. The highest BCUT2D eigenvalue weighted by Gasteiger charge is 2.04. The number of rotatable bonds is 3. The van der Waals surface area contributed by atoms with E-state index in [0.717, 1.165) is 0 Å². The zero-order valence-corrected chi connectivity index (χ0v) is 8.34. The number of nitrogen functional groups attached to an aromatic ring is 1. The van der Waals surface area contributed by atoms with Crippen molar-refractivity contribution < 1.29 is 9.50 Å². The number of aliphatic hydroxyl groups excluding tert-OH is 1. The van der Waals surface area contributed by atoms with Crippen molar-refractivity contribution >= 4 is 11.4 Å². The quantitative estimate of drug-likeness (QED) is 0.645. The summed E-state index contributed by atoms with van der Waals surface area (Å²) in [5.74, 6) is -0.315. The number of aryl methyl sites for hydroxylation is 1. The van der Waals surface area contributed by atoms with Crippen LogP contribution in [0, 0.1) is 12.7 Å². The number of nitrogens with one attached hydrogen (secondary N) is 1. The number of hydrogen-bond acceptors (Lipinski definition) is 3. The minimum atomic E-state index is -0.459. The van der Waals surface area contributed by atoms with Crippen LogP contribution in [-0.4, -0.2) is 17.8 Å². The minimum absolute atomic E-state index is 0.315. The number of anilines is 2. The summed E-state index contributed by atoms with van der Waals surface area (Å²) in [7, 11) is 0. The van der Waals surface area contributed by atoms with Crippen LogP contribution >= 0.6 is 0 Å². The van der Waals surface area contributed by atoms with Gasteiger partial charge in [0.1, 0.15) is 5.82 Å². The fourth-order valence-electron chi connectivity index (χ4n) is 1.11. The van der Waals surface area contributed by atoms with Crippen molar-refractivity contribution in [2.45, 2.75) is 20.0 Å². The second-order valence-corrected chi connectivity index (χ2v) is 3.42. The maximum atomic E-state index is 13.0. The summed E-state index contributed by atoms with van der Waals surface area (Å²) < 4.78 is 13.0. The summed E-state index contributed by atoms with van der Waals surface area (Å²) in [6, 6.07) is 2.91. The fraction of sp³-hybridized carbons (Fsp3) is 0.400. The highest BCUT2D eigenvalue weighted by Crippen LogP contribution is 2.22. The molecule has 0 radical (unpaired) electrons. The Labute approximate surface area is 82.7 Å². The molecule has 1 aromatic rings. The lowest BCUT2D eigenvalue weighted by molar-refractivity contribution is 0.208. The number of benzene rings is 1. The molecule has 3 nitrogen and oxygen atoms in total. The van der Waals surface area contributed by atoms with Crippen LogP contribution in [0.4, 0.5) is 15.8 Å². The standard InChI is InChI=1S/C10H15FN2O/c1-6-3-10(13-5-7(2)14)9(12)4-8(6)11/h3-4,7,13-14H,5,12H2,1-2H3. The molecule has 4 heteroatoms. The maximum absolute atomic E-state index is 13.0. The molecule has 1 unspecified atom stereocenters. The third-order valence-electron chi connectivity index (χ3n) is 1.92. The predicted octanol–water partition coefficient (Wildman–Crippen LogP) is 1.51. The van der Waals surface area contributed by atoms with E-state index in [1.807, 2.05) is 0 Å². The third-order valence-corrected chi connectivity index (χ3v) is 1.92. The molecule has 0 bridgehead atoms. The maximum Gasteiger partial charge on any atom is 0.128 e. The second kappa shape index (κ2) is 4.28. The predicted molar refractivity (Wildman–Crippen MR) is 55.7 cm³/mol. The van der Waals surface area contributed by atoms with Crippen molar-refractivity contribution in [3.63, 3.8) is 0 Å². The van der Waals surface area contributed by atoms with Gasteiger partial charge < -0.3 is 16.2 Å². The van der Waals surface area contributed by atoms with Crippen LogP contribution in [0.25, 0.3) is 0 Å². The minimum Gasteiger partial charge on any atom is -0.397 e. The van der Waals surface area contributed by atoms with Crippen LogP contribution in [0.2, 0.25) is 0 Å². The normalized spacial score (nSPS) is 12.6. The smallest absolute Gasteiger partial charge is 0.128 e. The first-order valence-corrected chi connectivity index (χ1v) is 4.48. The van der Waals surface area contributed by atoms with Crippen molar-refractivity contribution in [3.8, 4) is 0 Å². The highest BCUT2D eigenvalue weighted by molar-refractivity contribution is 5.67. The average molecular weight is 198 g/mol. The first-order chi connectivity index (χ1) is 6.50. The van der Waals surface area contributed by atoms with Gasteiger partial charge in [-0.25, -0.2) is 4.39 Å². The zero-order chi connectivity index (χ0) is 10.7. The van der Waals surface area contributed by atoms with E-state index in [0.29, 0.717) is 23.5 Å². The molecule has 0 aromatic heterocycles. The molecule has 0 heterocycles. The summed E-state index contributed by atoms with van der Waals surface area (Å²) in [4.78, 5) is 0. The van der Waals surface area contributed by atoms with E-state index >= 15 is 0 Å². The Bertz CT molecular complexity index is 326. The third kappa shape index (κ3) is 2.60. The molecule has 0 saturated carbocycles. The van der Waals surface area contributed by atoms with Crippen LogP contribution < -0.4 is 11.1 Å². The Hall–Kier alpha value is -1.29. The van der Waals surface area contributed by atoms with Gasteiger partial charge in [0, 0.05) is 6.54 Å². The van der Waals surface area contributed by atoms with Gasteiger partial charge in [-0.2, -0.15) is 0 Å². The molecule has 0 fully saturated rings. The molecule has 14 heavy (non-hydrogen) atoms. The lowest BCUT2D eigenvalue weighted by Gasteiger charge is -2.12. The Morgan fingerprint density at radius 2 is 2.21 bits per heavy atom. The zero-order valence-electron chi connectivity index (χ0n) is 8.34. The molecule has 0 aliphatic rings. The largest absolute Gasteiger partial charge is 0.397 e. The van der Waals surface area contributed by atoms with E-state index in [-0.39, 0.29) is 5.82 Å². The molecule has 0 aliphatic carbocycles. The van der Waals surface area contributed by atoms with Crippen LogP contribution in [0.15, 0.2) is 12.1 Å². The Morgan fingerprint density at radius 1 is 1.57 bits per heavy atom. The second-order valence-electron chi connectivity index (χ2n) is 3.42. The highest BCUT2D eigenvalue weighted by atomic mass is 19.1. The van der Waals surface area contributed by atoms with Gasteiger partial charge in [-0.3, -0.25) is 0 Å². The Kier molecular flexibility index (Phi) is 3.30. The van der Waals surface area contributed by atoms with Crippen molar-refractivity contribution in [2.75, 3.05) is 17.6 Å². The van der Waals surface area contributed by atoms with Crippen molar-refractivity contribution in [2.24, 2.45) is 0 Å². The monoisotopic (exact) mass is 198 g/mol. The average Bonchev–Trinajstić information content (AvgIpc) is 2.09. The lowest BCUT2D eigenvalue weighted by atomic mass is 10.2. The summed E-state index contributed by atoms with van der Waals surface area (Å²) in [6.45, 7) is 3.73. The van der Waals surface area contributed by atoms with Crippen molar-refractivity contribution in [3.05, 3.63) is 23.5 Å².